The van der Waals surface area contributed by atoms with E-state index in [9.17, 15) is 8.42 Å². The normalized spacial score (nSPS) is 13.6. The number of quaternary nitrogens is 1. The lowest BCUT2D eigenvalue weighted by Crippen LogP contribution is -2.77. The van der Waals surface area contributed by atoms with Crippen molar-refractivity contribution in [2.45, 2.75) is 25.1 Å². The number of thioether (sulfide) groups is 1. The first-order valence-corrected chi connectivity index (χ1v) is 11.4. The average molecular weight is 406 g/mol. The monoisotopic (exact) mass is 405 g/mol. The third-order valence-corrected chi connectivity index (χ3v) is 5.24. The number of nitrogens with zero attached hydrogens (tertiary/aromatic N) is 3. The summed E-state index contributed by atoms with van der Waals surface area (Å²) in [4.78, 5) is 2.04. The van der Waals surface area contributed by atoms with Crippen LogP contribution in [0.1, 0.15) is 19.8 Å². The molecule has 0 fully saturated rings. The fourth-order valence-corrected chi connectivity index (χ4v) is 3.25. The van der Waals surface area contributed by atoms with Gasteiger partial charge in [0, 0.05) is 35.9 Å². The van der Waals surface area contributed by atoms with Crippen LogP contribution in [0.2, 0.25) is 0 Å². The Bertz CT molecular complexity index is 661. The Morgan fingerprint density at radius 2 is 1.96 bits per heavy atom. The Labute approximate surface area is 159 Å². The zero-order valence-electron chi connectivity index (χ0n) is 14.8. The minimum atomic E-state index is -3.36. The van der Waals surface area contributed by atoms with Gasteiger partial charge in [-0.2, -0.15) is 10.2 Å². The van der Waals surface area contributed by atoms with Crippen LogP contribution in [0, 0.1) is 0 Å². The van der Waals surface area contributed by atoms with Gasteiger partial charge in [-0.05, 0) is 44.0 Å². The van der Waals surface area contributed by atoms with Crippen LogP contribution >= 0.6 is 22.4 Å². The molecule has 2 N–H and O–H groups in total. The standard InChI is InChI=1S/C16H25ClN4O2S2/c1-14(19-20-15-6-8-16(9-7-15)21(2)3)24-12-11-18-10-4-5-13-25(17,22)23/h6-9,11-12,14,18H,4-5,10,13H2,1-3H3/p+1/b12-11-,20-19?. The highest BCUT2D eigenvalue weighted by Crippen LogP contribution is 2.20. The van der Waals surface area contributed by atoms with E-state index in [-0.39, 0.29) is 11.1 Å². The molecule has 0 saturated carbocycles. The average Bonchev–Trinajstić information content (AvgIpc) is 2.54. The predicted molar refractivity (Wildman–Crippen MR) is 107 cm³/mol. The van der Waals surface area contributed by atoms with Crippen LogP contribution in [0.15, 0.2) is 46.1 Å². The summed E-state index contributed by atoms with van der Waals surface area (Å²) in [6.07, 6.45) is 3.34. The van der Waals surface area contributed by atoms with E-state index in [0.29, 0.717) is 6.42 Å². The maximum absolute atomic E-state index is 10.8. The molecule has 140 valence electrons. The van der Waals surface area contributed by atoms with Crippen LogP contribution < -0.4 is 10.2 Å². The van der Waals surface area contributed by atoms with E-state index in [1.54, 1.807) is 11.8 Å². The van der Waals surface area contributed by atoms with Crippen molar-refractivity contribution in [3.8, 4) is 0 Å². The van der Waals surface area contributed by atoms with Crippen molar-refractivity contribution >= 4 is 42.9 Å². The van der Waals surface area contributed by atoms with Crippen molar-refractivity contribution in [3.63, 3.8) is 0 Å². The number of benzene rings is 1. The molecule has 0 heterocycles. The Balaban J connectivity index is 2.22. The highest BCUT2D eigenvalue weighted by atomic mass is 35.7. The third kappa shape index (κ3) is 11.2. The van der Waals surface area contributed by atoms with E-state index in [0.717, 1.165) is 24.3 Å². The summed E-state index contributed by atoms with van der Waals surface area (Å²) in [5.41, 5.74) is 1.96. The van der Waals surface area contributed by atoms with Gasteiger partial charge in [-0.1, -0.05) is 11.8 Å². The molecule has 1 aromatic rings. The third-order valence-electron chi connectivity index (χ3n) is 3.20. The van der Waals surface area contributed by atoms with Gasteiger partial charge in [0.05, 0.1) is 24.2 Å². The summed E-state index contributed by atoms with van der Waals surface area (Å²) < 4.78 is 21.5. The quantitative estimate of drug-likeness (QED) is 0.348. The second-order valence-electron chi connectivity index (χ2n) is 5.66. The molecule has 0 amide bonds. The van der Waals surface area contributed by atoms with Crippen LogP contribution in [0.25, 0.3) is 0 Å². The van der Waals surface area contributed by atoms with E-state index in [2.05, 4.69) is 10.2 Å². The first-order valence-electron chi connectivity index (χ1n) is 8.02. The summed E-state index contributed by atoms with van der Waals surface area (Å²) in [7, 11) is 5.79. The summed E-state index contributed by atoms with van der Waals surface area (Å²) in [5.74, 6) is 0.0355. The number of rotatable bonds is 11. The van der Waals surface area contributed by atoms with Crippen LogP contribution in [0.4, 0.5) is 11.4 Å². The minimum absolute atomic E-state index is 0.0274. The molecule has 0 spiro atoms. The van der Waals surface area contributed by atoms with Crippen LogP contribution in [-0.4, -0.2) is 40.2 Å². The molecule has 1 aromatic carbocycles. The number of hydrogen-bond donors (Lipinski definition) is 1. The van der Waals surface area contributed by atoms with E-state index in [1.165, 1.54) is 0 Å². The number of unbranched alkanes of at least 4 members (excludes halogenated alkanes) is 1. The van der Waals surface area contributed by atoms with Crippen LogP contribution in [0.5, 0.6) is 0 Å². The van der Waals surface area contributed by atoms with Crippen LogP contribution in [0.3, 0.4) is 0 Å². The molecule has 1 atom stereocenters. The molecular formula is C16H26ClN4O2S2+. The molecule has 0 saturated heterocycles. The smallest absolute Gasteiger partial charge is 0.232 e. The zero-order chi connectivity index (χ0) is 18.7. The molecule has 0 radical (unpaired) electrons. The number of azo groups is 1. The van der Waals surface area contributed by atoms with Crippen molar-refractivity contribution in [2.24, 2.45) is 10.2 Å². The maximum Gasteiger partial charge on any atom is 0.232 e. The second-order valence-corrected chi connectivity index (χ2v) is 9.79. The predicted octanol–water partition coefficient (Wildman–Crippen LogP) is 3.30. The molecule has 1 unspecified atom stereocenters. The van der Waals surface area contributed by atoms with Gasteiger partial charge in [0.15, 0.2) is 0 Å². The number of hydrogen-bond acceptors (Lipinski definition) is 6. The molecule has 0 aromatic heterocycles. The first-order chi connectivity index (χ1) is 11.8. The highest BCUT2D eigenvalue weighted by molar-refractivity contribution is 8.13. The van der Waals surface area contributed by atoms with Gasteiger partial charge in [-0.25, -0.2) is 8.42 Å². The number of nitrogens with two attached hydrogens (primary N) is 1. The SMILES string of the molecule is CC(N=Nc1ccc(N(C)C)cc1)S/C=C\[NH2+]CCCCS(=O)(=O)Cl. The van der Waals surface area contributed by atoms with Crippen LogP contribution in [-0.2, 0) is 9.05 Å². The molecule has 0 aliphatic heterocycles. The maximum atomic E-state index is 10.8. The van der Waals surface area contributed by atoms with Gasteiger partial charge < -0.3 is 10.2 Å². The van der Waals surface area contributed by atoms with Gasteiger partial charge in [0.2, 0.25) is 9.05 Å². The summed E-state index contributed by atoms with van der Waals surface area (Å²) in [5, 5.41) is 12.5. The summed E-state index contributed by atoms with van der Waals surface area (Å²) in [6, 6.07) is 7.91. The Morgan fingerprint density at radius 1 is 1.28 bits per heavy atom. The van der Waals surface area contributed by atoms with Crippen molar-refractivity contribution in [2.75, 3.05) is 31.3 Å². The van der Waals surface area contributed by atoms with Gasteiger partial charge in [0.25, 0.3) is 0 Å². The Hall–Kier alpha value is -1.09. The van der Waals surface area contributed by atoms with Gasteiger partial charge in [0.1, 0.15) is 5.37 Å². The van der Waals surface area contributed by atoms with E-state index in [4.69, 9.17) is 10.7 Å². The fraction of sp³-hybridized carbons (Fsp3) is 0.500. The summed E-state index contributed by atoms with van der Waals surface area (Å²) in [6.45, 7) is 2.82. The van der Waals surface area contributed by atoms with Crippen molar-refractivity contribution in [1.82, 2.24) is 0 Å². The van der Waals surface area contributed by atoms with E-state index >= 15 is 0 Å². The molecular weight excluding hydrogens is 380 g/mol. The number of anilines is 1. The second kappa shape index (κ2) is 11.5. The molecule has 0 bridgehead atoms. The highest BCUT2D eigenvalue weighted by Gasteiger charge is 2.04. The molecule has 1 rings (SSSR count). The van der Waals surface area contributed by atoms with Gasteiger partial charge in [-0.15, -0.1) is 0 Å². The van der Waals surface area contributed by atoms with E-state index in [1.807, 2.05) is 67.1 Å². The Morgan fingerprint density at radius 3 is 2.56 bits per heavy atom. The Kier molecular flexibility index (Phi) is 10.1. The van der Waals surface area contributed by atoms with Gasteiger partial charge in [-0.3, -0.25) is 0 Å². The first kappa shape index (κ1) is 22.0. The minimum Gasteiger partial charge on any atom is -0.378 e. The number of halogens is 1. The topological polar surface area (TPSA) is 78.7 Å². The molecule has 6 nitrogen and oxygen atoms in total. The fourth-order valence-electron chi connectivity index (χ4n) is 1.84. The lowest BCUT2D eigenvalue weighted by atomic mass is 10.3. The van der Waals surface area contributed by atoms with Gasteiger partial charge >= 0.3 is 0 Å². The lowest BCUT2D eigenvalue weighted by molar-refractivity contribution is -0.587. The molecule has 9 heteroatoms. The van der Waals surface area contributed by atoms with E-state index < -0.39 is 9.05 Å². The molecule has 0 aliphatic carbocycles. The molecule has 25 heavy (non-hydrogen) atoms. The largest absolute Gasteiger partial charge is 0.378 e. The van der Waals surface area contributed by atoms with Crippen molar-refractivity contribution in [3.05, 3.63) is 35.9 Å². The summed E-state index contributed by atoms with van der Waals surface area (Å²) >= 11 is 1.57. The zero-order valence-corrected chi connectivity index (χ0v) is 17.2. The molecule has 0 aliphatic rings. The lowest BCUT2D eigenvalue weighted by Gasteiger charge is -2.11. The van der Waals surface area contributed by atoms with Crippen molar-refractivity contribution < 1.29 is 13.7 Å². The van der Waals surface area contributed by atoms with Crippen molar-refractivity contribution in [1.29, 1.82) is 0 Å².